The number of hydrogen-bond donors (Lipinski definition) is 0. The molecule has 41 heavy (non-hydrogen) atoms. The van der Waals surface area contributed by atoms with E-state index >= 15 is 0 Å². The van der Waals surface area contributed by atoms with Gasteiger partial charge < -0.3 is 9.47 Å². The monoisotopic (exact) mass is 590 g/mol. The van der Waals surface area contributed by atoms with Crippen molar-refractivity contribution in [3.8, 4) is 0 Å². The van der Waals surface area contributed by atoms with Gasteiger partial charge >= 0.3 is 11.9 Å². The molecular formula is C33H38N2O4S2. The molecule has 2 aromatic rings. The Morgan fingerprint density at radius 1 is 0.878 bits per heavy atom. The first kappa shape index (κ1) is 29.7. The summed E-state index contributed by atoms with van der Waals surface area (Å²) < 4.78 is 10.8. The van der Waals surface area contributed by atoms with Gasteiger partial charge in [0.1, 0.15) is 10.6 Å². The predicted molar refractivity (Wildman–Crippen MR) is 167 cm³/mol. The van der Waals surface area contributed by atoms with Crippen molar-refractivity contribution >= 4 is 35.5 Å². The van der Waals surface area contributed by atoms with E-state index in [9.17, 15) is 9.59 Å². The summed E-state index contributed by atoms with van der Waals surface area (Å²) in [6, 6.07) is 20.7. The number of methoxy groups -OCH3 is 2. The third kappa shape index (κ3) is 5.55. The fourth-order valence-electron chi connectivity index (χ4n) is 6.37. The Morgan fingerprint density at radius 3 is 1.90 bits per heavy atom. The Kier molecular flexibility index (Phi) is 8.85. The summed E-state index contributed by atoms with van der Waals surface area (Å²) in [6.07, 6.45) is 6.11. The van der Waals surface area contributed by atoms with E-state index in [1.54, 1.807) is 11.8 Å². The molecular weight excluding hydrogens is 553 g/mol. The normalized spacial score (nSPS) is 20.5. The molecule has 2 aromatic carbocycles. The lowest BCUT2D eigenvalue weighted by Gasteiger charge is -2.58. The smallest absolute Gasteiger partial charge is 0.345 e. The van der Waals surface area contributed by atoms with Gasteiger partial charge in [-0.15, -0.1) is 11.8 Å². The van der Waals surface area contributed by atoms with E-state index in [0.29, 0.717) is 23.6 Å². The molecule has 0 atom stereocenters. The lowest BCUT2D eigenvalue weighted by atomic mass is 9.75. The van der Waals surface area contributed by atoms with Gasteiger partial charge in [0.15, 0.2) is 0 Å². The second-order valence-electron chi connectivity index (χ2n) is 11.3. The molecule has 5 rings (SSSR count). The minimum Gasteiger partial charge on any atom is -0.466 e. The van der Waals surface area contributed by atoms with Crippen LogP contribution in [0, 0.1) is 5.41 Å². The molecule has 0 bridgehead atoms. The molecule has 1 spiro atoms. The minimum absolute atomic E-state index is 0.113. The van der Waals surface area contributed by atoms with E-state index in [-0.39, 0.29) is 5.41 Å². The Hall–Kier alpha value is -2.78. The van der Waals surface area contributed by atoms with Crippen LogP contribution in [0.2, 0.25) is 0 Å². The van der Waals surface area contributed by atoms with Gasteiger partial charge in [-0.3, -0.25) is 9.80 Å². The summed E-state index contributed by atoms with van der Waals surface area (Å²) in [6.45, 7) is 7.16. The fraction of sp³-hybridized carbons (Fsp3) is 0.394. The van der Waals surface area contributed by atoms with Crippen molar-refractivity contribution in [2.45, 2.75) is 45.4 Å². The van der Waals surface area contributed by atoms with E-state index in [2.05, 4.69) is 60.2 Å². The first-order chi connectivity index (χ1) is 19.7. The Morgan fingerprint density at radius 2 is 1.41 bits per heavy atom. The molecule has 0 radical (unpaired) electrons. The third-order valence-electron chi connectivity index (χ3n) is 8.00. The molecule has 6 nitrogen and oxygen atoms in total. The molecule has 0 amide bonds. The Balaban J connectivity index is 1.85. The molecule has 1 aliphatic carbocycles. The summed E-state index contributed by atoms with van der Waals surface area (Å²) in [5, 5.41) is 0. The minimum atomic E-state index is -1.04. The fourth-order valence-corrected chi connectivity index (χ4v) is 8.88. The van der Waals surface area contributed by atoms with Crippen molar-refractivity contribution in [2.24, 2.45) is 5.41 Å². The predicted octanol–water partition coefficient (Wildman–Crippen LogP) is 6.37. The van der Waals surface area contributed by atoms with E-state index in [1.165, 1.54) is 26.0 Å². The van der Waals surface area contributed by atoms with Crippen molar-refractivity contribution in [1.82, 2.24) is 9.80 Å². The Labute approximate surface area is 251 Å². The van der Waals surface area contributed by atoms with Crippen LogP contribution in [0.25, 0.3) is 0 Å². The van der Waals surface area contributed by atoms with Crippen LogP contribution in [0.1, 0.15) is 37.8 Å². The molecule has 1 saturated heterocycles. The summed E-state index contributed by atoms with van der Waals surface area (Å²) in [5.74, 6) is -1.02. The molecule has 3 aliphatic rings. The maximum atomic E-state index is 14.1. The lowest BCUT2D eigenvalue weighted by molar-refractivity contribution is -0.143. The van der Waals surface area contributed by atoms with Crippen LogP contribution < -0.4 is 0 Å². The first-order valence-electron chi connectivity index (χ1n) is 13.9. The number of thioether (sulfide) groups is 2. The highest BCUT2D eigenvalue weighted by atomic mass is 32.2. The number of allylic oxidation sites excluding steroid dienone is 2. The highest BCUT2D eigenvalue weighted by Gasteiger charge is 2.59. The quantitative estimate of drug-likeness (QED) is 0.345. The zero-order valence-electron chi connectivity index (χ0n) is 24.4. The number of nitrogens with zero attached hydrogens (tertiary/aromatic N) is 2. The van der Waals surface area contributed by atoms with E-state index < -0.39 is 17.6 Å². The SMILES string of the molecule is COC(=O)C1=C(C(=O)OC)C2(C3=C(CC(C)(C)C=C3SC)S1)N(Cc1ccccc1)CCCN2Cc1ccccc1. The molecule has 0 unspecified atom stereocenters. The van der Waals surface area contributed by atoms with Crippen LogP contribution in [0.5, 0.6) is 0 Å². The molecule has 2 aliphatic heterocycles. The first-order valence-corrected chi connectivity index (χ1v) is 16.0. The summed E-state index contributed by atoms with van der Waals surface area (Å²) in [4.78, 5) is 34.9. The number of carbonyl (C=O) groups is 2. The maximum Gasteiger partial charge on any atom is 0.345 e. The van der Waals surface area contributed by atoms with Gasteiger partial charge in [0.25, 0.3) is 0 Å². The summed E-state index contributed by atoms with van der Waals surface area (Å²) in [5.41, 5.74) is 2.58. The van der Waals surface area contributed by atoms with Crippen molar-refractivity contribution in [3.63, 3.8) is 0 Å². The largest absolute Gasteiger partial charge is 0.466 e. The molecule has 8 heteroatoms. The number of benzene rings is 2. The number of fused-ring (bicyclic) bond motifs is 1. The van der Waals surface area contributed by atoms with Crippen LogP contribution in [0.4, 0.5) is 0 Å². The number of carbonyl (C=O) groups excluding carboxylic acids is 2. The maximum absolute atomic E-state index is 14.1. The van der Waals surface area contributed by atoms with Gasteiger partial charge in [-0.05, 0) is 40.5 Å². The standard InChI is InChI=1S/C33H38N2O4S2/c1-32(2)19-25(40-5)27-26(20-32)41-29(31(37)39-4)28(30(36)38-3)33(27)34(21-23-13-8-6-9-14-23)17-12-18-35(33)22-24-15-10-7-11-16-24/h6-11,13-16,19H,12,17-18,20-22H2,1-5H3. The van der Waals surface area contributed by atoms with Crippen LogP contribution in [-0.4, -0.2) is 61.0 Å². The zero-order valence-corrected chi connectivity index (χ0v) is 26.1. The van der Waals surface area contributed by atoms with E-state index in [0.717, 1.165) is 52.4 Å². The highest BCUT2D eigenvalue weighted by molar-refractivity contribution is 8.08. The topological polar surface area (TPSA) is 59.1 Å². The molecule has 0 saturated carbocycles. The lowest BCUT2D eigenvalue weighted by Crippen LogP contribution is -2.68. The van der Waals surface area contributed by atoms with Crippen molar-refractivity contribution in [2.75, 3.05) is 33.6 Å². The van der Waals surface area contributed by atoms with Gasteiger partial charge in [-0.25, -0.2) is 9.59 Å². The van der Waals surface area contributed by atoms with E-state index in [4.69, 9.17) is 9.47 Å². The van der Waals surface area contributed by atoms with Gasteiger partial charge in [0.05, 0.1) is 19.8 Å². The van der Waals surface area contributed by atoms with Crippen molar-refractivity contribution < 1.29 is 19.1 Å². The molecule has 0 N–H and O–H groups in total. The van der Waals surface area contributed by atoms with Gasteiger partial charge in [-0.2, -0.15) is 0 Å². The third-order valence-corrected chi connectivity index (χ3v) is 9.93. The summed E-state index contributed by atoms with van der Waals surface area (Å²) in [7, 11) is 2.78. The van der Waals surface area contributed by atoms with Gasteiger partial charge in [-0.1, -0.05) is 92.3 Å². The molecule has 1 fully saturated rings. The van der Waals surface area contributed by atoms with Crippen LogP contribution in [0.15, 0.2) is 92.6 Å². The van der Waals surface area contributed by atoms with Crippen LogP contribution >= 0.6 is 23.5 Å². The average Bonchev–Trinajstić information content (AvgIpc) is 2.98. The van der Waals surface area contributed by atoms with Gasteiger partial charge in [0, 0.05) is 36.7 Å². The highest BCUT2D eigenvalue weighted by Crippen LogP contribution is 2.59. The van der Waals surface area contributed by atoms with Crippen molar-refractivity contribution in [1.29, 1.82) is 0 Å². The van der Waals surface area contributed by atoms with Crippen LogP contribution in [-0.2, 0) is 32.2 Å². The number of ether oxygens (including phenoxy) is 2. The molecule has 2 heterocycles. The second kappa shape index (κ2) is 12.2. The summed E-state index contributed by atoms with van der Waals surface area (Å²) >= 11 is 3.08. The average molecular weight is 591 g/mol. The molecule has 216 valence electrons. The van der Waals surface area contributed by atoms with E-state index in [1.807, 2.05) is 36.4 Å². The number of rotatable bonds is 7. The zero-order chi connectivity index (χ0) is 29.2. The molecule has 0 aromatic heterocycles. The Bertz CT molecular complexity index is 1350. The number of hydrogen-bond acceptors (Lipinski definition) is 8. The van der Waals surface area contributed by atoms with Gasteiger partial charge in [0.2, 0.25) is 0 Å². The van der Waals surface area contributed by atoms with Crippen molar-refractivity contribution in [3.05, 3.63) is 104 Å². The van der Waals surface area contributed by atoms with Crippen LogP contribution in [0.3, 0.4) is 0 Å². The second-order valence-corrected chi connectivity index (χ2v) is 13.3. The number of esters is 2.